The molecule has 4 heteroatoms. The third kappa shape index (κ3) is 4.64. The van der Waals surface area contributed by atoms with E-state index in [4.69, 9.17) is 11.6 Å². The van der Waals surface area contributed by atoms with Crippen LogP contribution in [0.5, 0.6) is 0 Å². The van der Waals surface area contributed by atoms with Gasteiger partial charge in [-0.25, -0.2) is 0 Å². The second kappa shape index (κ2) is 8.54. The lowest BCUT2D eigenvalue weighted by Crippen LogP contribution is -2.23. The molecule has 0 radical (unpaired) electrons. The van der Waals surface area contributed by atoms with E-state index in [1.165, 1.54) is 18.3 Å². The fourth-order valence-corrected chi connectivity index (χ4v) is 3.88. The molecule has 0 spiro atoms. The summed E-state index contributed by atoms with van der Waals surface area (Å²) in [6.45, 7) is 1.70. The first kappa shape index (κ1) is 18.0. The normalized spacial score (nSPS) is 10.6. The second-order valence-corrected chi connectivity index (χ2v) is 8.28. The first-order chi connectivity index (χ1) is 11.6. The molecule has 0 bridgehead atoms. The molecule has 3 rings (SSSR count). The molecule has 3 aromatic carbocycles. The summed E-state index contributed by atoms with van der Waals surface area (Å²) < 4.78 is 2.56. The van der Waals surface area contributed by atoms with E-state index in [2.05, 4.69) is 105 Å². The quantitative estimate of drug-likeness (QED) is 0.313. The minimum atomic E-state index is 0.767. The molecule has 0 N–H and O–H groups in total. The van der Waals surface area contributed by atoms with Crippen molar-refractivity contribution >= 4 is 62.5 Å². The highest BCUT2D eigenvalue weighted by Gasteiger charge is 2.12. The van der Waals surface area contributed by atoms with Crippen LogP contribution in [0.15, 0.2) is 72.8 Å². The lowest BCUT2D eigenvalue weighted by atomic mass is 10.1. The van der Waals surface area contributed by atoms with Gasteiger partial charge in [-0.3, -0.25) is 0 Å². The molecule has 0 saturated carbocycles. The summed E-state index contributed by atoms with van der Waals surface area (Å²) in [7, 11) is 0. The Morgan fingerprint density at radius 2 is 1.25 bits per heavy atom. The Kier molecular flexibility index (Phi) is 6.41. The van der Waals surface area contributed by atoms with Gasteiger partial charge in [0.25, 0.3) is 0 Å². The van der Waals surface area contributed by atoms with E-state index in [1.807, 2.05) is 18.2 Å². The van der Waals surface area contributed by atoms with Crippen molar-refractivity contribution < 1.29 is 0 Å². The minimum Gasteiger partial charge on any atom is -0.363 e. The Morgan fingerprint density at radius 3 is 1.75 bits per heavy atom. The zero-order chi connectivity index (χ0) is 16.9. The standard InChI is InChI=1S/C20H16ClI2N/c21-17-8-5-9-18(12-17)24(13-15-6-1-3-10-19(15)22)14-16-7-2-4-11-20(16)23/h1-12H,13-14H2. The second-order valence-electron chi connectivity index (χ2n) is 5.52. The highest BCUT2D eigenvalue weighted by Crippen LogP contribution is 2.26. The Morgan fingerprint density at radius 1 is 0.708 bits per heavy atom. The topological polar surface area (TPSA) is 3.24 Å². The molecule has 0 aliphatic rings. The van der Waals surface area contributed by atoms with Crippen LogP contribution in [-0.2, 0) is 13.1 Å². The van der Waals surface area contributed by atoms with Crippen LogP contribution in [0.4, 0.5) is 5.69 Å². The first-order valence-electron chi connectivity index (χ1n) is 7.61. The zero-order valence-corrected chi connectivity index (χ0v) is 18.0. The van der Waals surface area contributed by atoms with Crippen LogP contribution in [0.2, 0.25) is 5.02 Å². The van der Waals surface area contributed by atoms with Gasteiger partial charge in [0.2, 0.25) is 0 Å². The number of hydrogen-bond acceptors (Lipinski definition) is 1. The van der Waals surface area contributed by atoms with Crippen LogP contribution in [0, 0.1) is 7.14 Å². The van der Waals surface area contributed by atoms with Crippen LogP contribution >= 0.6 is 56.8 Å². The summed E-state index contributed by atoms with van der Waals surface area (Å²) in [5.74, 6) is 0. The summed E-state index contributed by atoms with van der Waals surface area (Å²) >= 11 is 11.0. The smallest absolute Gasteiger partial charge is 0.0443 e. The van der Waals surface area contributed by atoms with Gasteiger partial charge < -0.3 is 4.90 Å². The molecule has 0 atom stereocenters. The van der Waals surface area contributed by atoms with E-state index < -0.39 is 0 Å². The molecule has 0 aliphatic carbocycles. The highest BCUT2D eigenvalue weighted by molar-refractivity contribution is 14.1. The van der Waals surface area contributed by atoms with Gasteiger partial charge in [-0.1, -0.05) is 54.1 Å². The van der Waals surface area contributed by atoms with Crippen molar-refractivity contribution in [3.05, 3.63) is 96.1 Å². The number of rotatable bonds is 5. The van der Waals surface area contributed by atoms with Gasteiger partial charge in [0.1, 0.15) is 0 Å². The van der Waals surface area contributed by atoms with E-state index in [9.17, 15) is 0 Å². The van der Waals surface area contributed by atoms with Gasteiger partial charge in [-0.15, -0.1) is 0 Å². The molecule has 0 unspecified atom stereocenters. The van der Waals surface area contributed by atoms with Crippen LogP contribution in [0.3, 0.4) is 0 Å². The zero-order valence-electron chi connectivity index (χ0n) is 12.9. The Labute approximate surface area is 175 Å². The maximum Gasteiger partial charge on any atom is 0.0443 e. The number of hydrogen-bond donors (Lipinski definition) is 0. The van der Waals surface area contributed by atoms with E-state index in [1.54, 1.807) is 0 Å². The maximum atomic E-state index is 6.23. The average molecular weight is 560 g/mol. The molecule has 0 aromatic heterocycles. The number of halogens is 3. The molecule has 0 fully saturated rings. The molecule has 0 heterocycles. The summed E-state index contributed by atoms with van der Waals surface area (Å²) in [5.41, 5.74) is 3.79. The molecule has 122 valence electrons. The molecule has 0 amide bonds. The minimum absolute atomic E-state index is 0.767. The van der Waals surface area contributed by atoms with Crippen molar-refractivity contribution in [3.63, 3.8) is 0 Å². The molecule has 3 aromatic rings. The van der Waals surface area contributed by atoms with Crippen molar-refractivity contribution in [2.24, 2.45) is 0 Å². The lowest BCUT2D eigenvalue weighted by molar-refractivity contribution is 0.795. The monoisotopic (exact) mass is 559 g/mol. The van der Waals surface area contributed by atoms with Crippen molar-refractivity contribution in [3.8, 4) is 0 Å². The number of anilines is 1. The van der Waals surface area contributed by atoms with Gasteiger partial charge in [0.15, 0.2) is 0 Å². The summed E-state index contributed by atoms with van der Waals surface area (Å²) in [6, 6.07) is 25.1. The molecule has 24 heavy (non-hydrogen) atoms. The van der Waals surface area contributed by atoms with E-state index >= 15 is 0 Å². The largest absolute Gasteiger partial charge is 0.363 e. The molecular weight excluding hydrogens is 543 g/mol. The molecule has 0 saturated heterocycles. The SMILES string of the molecule is Clc1cccc(N(Cc2ccccc2I)Cc2ccccc2I)c1. The maximum absolute atomic E-state index is 6.23. The van der Waals surface area contributed by atoms with Crippen LogP contribution < -0.4 is 4.90 Å². The first-order valence-corrected chi connectivity index (χ1v) is 10.1. The van der Waals surface area contributed by atoms with E-state index in [-0.39, 0.29) is 0 Å². The fraction of sp³-hybridized carbons (Fsp3) is 0.100. The Balaban J connectivity index is 1.95. The van der Waals surface area contributed by atoms with E-state index in [0.29, 0.717) is 0 Å². The van der Waals surface area contributed by atoms with Gasteiger partial charge in [0.05, 0.1) is 0 Å². The summed E-state index contributed by atoms with van der Waals surface area (Å²) in [6.07, 6.45) is 0. The fourth-order valence-electron chi connectivity index (χ4n) is 2.58. The molecular formula is C20H16ClI2N. The van der Waals surface area contributed by atoms with E-state index in [0.717, 1.165) is 23.8 Å². The number of nitrogens with zero attached hydrogens (tertiary/aromatic N) is 1. The third-order valence-corrected chi connectivity index (χ3v) is 6.15. The highest BCUT2D eigenvalue weighted by atomic mass is 127. The van der Waals surface area contributed by atoms with Gasteiger partial charge in [-0.2, -0.15) is 0 Å². The average Bonchev–Trinajstić information content (AvgIpc) is 2.58. The van der Waals surface area contributed by atoms with Gasteiger partial charge in [0, 0.05) is 30.9 Å². The van der Waals surface area contributed by atoms with Crippen molar-refractivity contribution in [1.82, 2.24) is 0 Å². The molecule has 1 nitrogen and oxygen atoms in total. The van der Waals surface area contributed by atoms with Crippen molar-refractivity contribution in [2.75, 3.05) is 4.90 Å². The predicted octanol–water partition coefficient (Wildman–Crippen LogP) is 6.76. The Bertz CT molecular complexity index is 788. The Hall–Kier alpha value is -0.790. The van der Waals surface area contributed by atoms with Gasteiger partial charge >= 0.3 is 0 Å². The predicted molar refractivity (Wildman–Crippen MR) is 120 cm³/mol. The van der Waals surface area contributed by atoms with Crippen LogP contribution in [0.1, 0.15) is 11.1 Å². The summed E-state index contributed by atoms with van der Waals surface area (Å²) in [4.78, 5) is 2.38. The van der Waals surface area contributed by atoms with Crippen molar-refractivity contribution in [1.29, 1.82) is 0 Å². The molecule has 0 aliphatic heterocycles. The lowest BCUT2D eigenvalue weighted by Gasteiger charge is -2.26. The van der Waals surface area contributed by atoms with Crippen LogP contribution in [0.25, 0.3) is 0 Å². The third-order valence-electron chi connectivity index (χ3n) is 3.81. The van der Waals surface area contributed by atoms with Crippen LogP contribution in [-0.4, -0.2) is 0 Å². The number of benzene rings is 3. The summed E-state index contributed by atoms with van der Waals surface area (Å²) in [5, 5.41) is 0.767. The van der Waals surface area contributed by atoms with Crippen molar-refractivity contribution in [2.45, 2.75) is 13.1 Å². The van der Waals surface area contributed by atoms with Gasteiger partial charge in [-0.05, 0) is 86.6 Å².